The number of ether oxygens (including phenoxy) is 2. The van der Waals surface area contributed by atoms with E-state index in [1.165, 1.54) is 0 Å². The zero-order chi connectivity index (χ0) is 23.0. The Labute approximate surface area is 187 Å². The van der Waals surface area contributed by atoms with Crippen molar-refractivity contribution in [2.45, 2.75) is 32.9 Å². The molecular weight excluding hydrogens is 406 g/mol. The number of fused-ring (bicyclic) bond motifs is 1. The molecule has 1 aromatic heterocycles. The number of nitrogens with zero attached hydrogens (tertiary/aromatic N) is 4. The van der Waals surface area contributed by atoms with Crippen molar-refractivity contribution in [1.82, 2.24) is 9.97 Å². The number of H-pyrrole nitrogens is 1. The standard InChI is InChI=1S/C24H29N5O3/c1-15-20-18(11-19(31-5)21(15)32-6)26-23(27-22(20)30)28(4)12-16-8-7-9-17(10-16)29-13-24(2,3)25-14-29/h7-11,14H,12-13H2,1-6H3,(H,26,27,30). The molecule has 3 aromatic rings. The predicted octanol–water partition coefficient (Wildman–Crippen LogP) is 3.51. The Kier molecular flexibility index (Phi) is 5.54. The molecule has 0 aliphatic carbocycles. The van der Waals surface area contributed by atoms with Crippen LogP contribution in [0.2, 0.25) is 0 Å². The van der Waals surface area contributed by atoms with Gasteiger partial charge in [-0.25, -0.2) is 0 Å². The largest absolute Gasteiger partial charge is 0.493 e. The number of aromatic amines is 1. The quantitative estimate of drug-likeness (QED) is 0.638. The van der Waals surface area contributed by atoms with Crippen LogP contribution in [0, 0.1) is 6.92 Å². The molecule has 4 rings (SSSR count). The van der Waals surface area contributed by atoms with Gasteiger partial charge in [0.25, 0.3) is 5.56 Å². The van der Waals surface area contributed by atoms with Crippen molar-refractivity contribution in [2.75, 3.05) is 37.6 Å². The summed E-state index contributed by atoms with van der Waals surface area (Å²) in [5, 5.41) is 0.498. The molecular formula is C24H29N5O3. The van der Waals surface area contributed by atoms with Crippen LogP contribution in [0.4, 0.5) is 11.6 Å². The molecule has 0 bridgehead atoms. The third-order valence-electron chi connectivity index (χ3n) is 5.70. The van der Waals surface area contributed by atoms with Crippen LogP contribution >= 0.6 is 0 Å². The zero-order valence-electron chi connectivity index (χ0n) is 19.4. The summed E-state index contributed by atoms with van der Waals surface area (Å²) in [5.41, 5.74) is 3.18. The zero-order valence-corrected chi connectivity index (χ0v) is 19.4. The highest BCUT2D eigenvalue weighted by molar-refractivity contribution is 5.87. The van der Waals surface area contributed by atoms with Crippen molar-refractivity contribution < 1.29 is 9.47 Å². The highest BCUT2D eigenvalue weighted by atomic mass is 16.5. The molecule has 168 valence electrons. The first-order chi connectivity index (χ1) is 15.2. The fourth-order valence-corrected chi connectivity index (χ4v) is 4.09. The molecule has 0 fully saturated rings. The molecule has 0 radical (unpaired) electrons. The van der Waals surface area contributed by atoms with Crippen molar-refractivity contribution in [3.63, 3.8) is 0 Å². The van der Waals surface area contributed by atoms with Crippen LogP contribution in [0.25, 0.3) is 10.9 Å². The third kappa shape index (κ3) is 4.00. The number of anilines is 2. The highest BCUT2D eigenvalue weighted by Gasteiger charge is 2.25. The lowest BCUT2D eigenvalue weighted by molar-refractivity contribution is 0.354. The summed E-state index contributed by atoms with van der Waals surface area (Å²) in [5.74, 6) is 1.60. The van der Waals surface area contributed by atoms with Gasteiger partial charge in [0.1, 0.15) is 0 Å². The minimum atomic E-state index is -0.302. The number of benzene rings is 2. The van der Waals surface area contributed by atoms with Gasteiger partial charge < -0.3 is 24.3 Å². The molecule has 8 nitrogen and oxygen atoms in total. The minimum absolute atomic E-state index is 0.0802. The lowest BCUT2D eigenvalue weighted by atomic mass is 10.1. The monoisotopic (exact) mass is 435 g/mol. The molecule has 0 spiro atoms. The van der Waals surface area contributed by atoms with Crippen molar-refractivity contribution in [3.05, 3.63) is 51.8 Å². The van der Waals surface area contributed by atoms with Crippen molar-refractivity contribution >= 4 is 28.9 Å². The van der Waals surface area contributed by atoms with Crippen LogP contribution in [0.15, 0.2) is 40.1 Å². The van der Waals surface area contributed by atoms with Crippen LogP contribution in [0.3, 0.4) is 0 Å². The van der Waals surface area contributed by atoms with Crippen LogP contribution in [0.1, 0.15) is 25.0 Å². The normalized spacial score (nSPS) is 14.8. The number of aromatic nitrogens is 2. The van der Waals surface area contributed by atoms with Gasteiger partial charge in [-0.15, -0.1) is 0 Å². The van der Waals surface area contributed by atoms with Crippen LogP contribution in [-0.4, -0.2) is 49.7 Å². The summed E-state index contributed by atoms with van der Waals surface area (Å²) < 4.78 is 10.9. The van der Waals surface area contributed by atoms with Gasteiger partial charge in [0.2, 0.25) is 5.95 Å². The van der Waals surface area contributed by atoms with Crippen LogP contribution in [0.5, 0.6) is 11.5 Å². The molecule has 0 unspecified atom stereocenters. The van der Waals surface area contributed by atoms with Gasteiger partial charge in [0.05, 0.1) is 37.0 Å². The fraction of sp³-hybridized carbons (Fsp3) is 0.375. The predicted molar refractivity (Wildman–Crippen MR) is 129 cm³/mol. The molecule has 0 saturated carbocycles. The number of hydrogen-bond donors (Lipinski definition) is 1. The van der Waals surface area contributed by atoms with Crippen LogP contribution in [-0.2, 0) is 6.54 Å². The van der Waals surface area contributed by atoms with Crippen molar-refractivity contribution in [2.24, 2.45) is 4.99 Å². The molecule has 1 aliphatic heterocycles. The highest BCUT2D eigenvalue weighted by Crippen LogP contribution is 2.35. The Bertz CT molecular complexity index is 1250. The SMILES string of the molecule is COc1cc2[nH]c(N(C)Cc3cccc(N4C=NC(C)(C)C4)c3)nc(=O)c2c(C)c1OC. The van der Waals surface area contributed by atoms with Gasteiger partial charge in [-0.3, -0.25) is 9.79 Å². The summed E-state index contributed by atoms with van der Waals surface area (Å²) in [7, 11) is 5.04. The molecule has 32 heavy (non-hydrogen) atoms. The maximum atomic E-state index is 12.9. The summed E-state index contributed by atoms with van der Waals surface area (Å²) >= 11 is 0. The van der Waals surface area contributed by atoms with E-state index in [1.54, 1.807) is 20.3 Å². The topological polar surface area (TPSA) is 83.0 Å². The van der Waals surface area contributed by atoms with Crippen LogP contribution < -0.4 is 24.8 Å². The van der Waals surface area contributed by atoms with Gasteiger partial charge in [-0.2, -0.15) is 4.98 Å². The smallest absolute Gasteiger partial charge is 0.282 e. The molecule has 2 heterocycles. The van der Waals surface area contributed by atoms with Crippen molar-refractivity contribution in [3.8, 4) is 11.5 Å². The Balaban J connectivity index is 1.63. The number of methoxy groups -OCH3 is 2. The van der Waals surface area contributed by atoms with E-state index in [9.17, 15) is 4.79 Å². The second-order valence-electron chi connectivity index (χ2n) is 8.74. The van der Waals surface area contributed by atoms with E-state index in [0.717, 1.165) is 17.8 Å². The van der Waals surface area contributed by atoms with E-state index in [2.05, 4.69) is 51.9 Å². The Morgan fingerprint density at radius 3 is 2.66 bits per heavy atom. The number of aryl methyl sites for hydroxylation is 1. The minimum Gasteiger partial charge on any atom is -0.493 e. The summed E-state index contributed by atoms with van der Waals surface area (Å²) in [6.45, 7) is 7.50. The fourth-order valence-electron chi connectivity index (χ4n) is 4.09. The van der Waals surface area contributed by atoms with E-state index in [4.69, 9.17) is 9.47 Å². The summed E-state index contributed by atoms with van der Waals surface area (Å²) in [4.78, 5) is 29.1. The average Bonchev–Trinajstić information content (AvgIpc) is 3.13. The number of aliphatic imine (C=N–C) groups is 1. The Morgan fingerprint density at radius 1 is 1.22 bits per heavy atom. The first-order valence-corrected chi connectivity index (χ1v) is 10.5. The summed E-state index contributed by atoms with van der Waals surface area (Å²) in [6.07, 6.45) is 1.90. The number of nitrogens with one attached hydrogen (secondary N) is 1. The molecule has 1 aliphatic rings. The van der Waals surface area contributed by atoms with Gasteiger partial charge in [-0.05, 0) is 38.5 Å². The molecule has 0 atom stereocenters. The van der Waals surface area contributed by atoms with Gasteiger partial charge in [0.15, 0.2) is 11.5 Å². The first kappa shape index (κ1) is 21.7. The van der Waals surface area contributed by atoms with E-state index in [0.29, 0.717) is 40.5 Å². The van der Waals surface area contributed by atoms with Gasteiger partial charge in [-0.1, -0.05) is 12.1 Å². The van der Waals surface area contributed by atoms with E-state index >= 15 is 0 Å². The third-order valence-corrected chi connectivity index (χ3v) is 5.70. The Hall–Kier alpha value is -3.55. The van der Waals surface area contributed by atoms with E-state index < -0.39 is 0 Å². The molecule has 0 amide bonds. The molecule has 2 aromatic carbocycles. The lowest BCUT2D eigenvalue weighted by Crippen LogP contribution is -2.28. The molecule has 0 saturated heterocycles. The van der Waals surface area contributed by atoms with E-state index in [1.807, 2.05) is 31.3 Å². The van der Waals surface area contributed by atoms with Crippen molar-refractivity contribution in [1.29, 1.82) is 0 Å². The maximum absolute atomic E-state index is 12.9. The maximum Gasteiger partial charge on any atom is 0.282 e. The second-order valence-corrected chi connectivity index (χ2v) is 8.74. The summed E-state index contributed by atoms with van der Waals surface area (Å²) in [6, 6.07) is 10.1. The molecule has 8 heteroatoms. The average molecular weight is 436 g/mol. The second kappa shape index (κ2) is 8.18. The van der Waals surface area contributed by atoms with E-state index in [-0.39, 0.29) is 11.1 Å². The Morgan fingerprint density at radius 2 is 2.00 bits per heavy atom. The van der Waals surface area contributed by atoms with Gasteiger partial charge >= 0.3 is 0 Å². The molecule has 1 N–H and O–H groups in total. The lowest BCUT2D eigenvalue weighted by Gasteiger charge is -2.22. The number of hydrogen-bond acceptors (Lipinski definition) is 7. The number of rotatable bonds is 6. The first-order valence-electron chi connectivity index (χ1n) is 10.5. The van der Waals surface area contributed by atoms with Gasteiger partial charge in [0, 0.05) is 37.5 Å².